The predicted octanol–water partition coefficient (Wildman–Crippen LogP) is 2.75. The fraction of sp³-hybridized carbons (Fsp3) is 0.176. The van der Waals surface area contributed by atoms with Crippen LogP contribution in [0.1, 0.15) is 12.5 Å². The third kappa shape index (κ3) is 5.93. The summed E-state index contributed by atoms with van der Waals surface area (Å²) in [6.07, 6.45) is -1.33. The van der Waals surface area contributed by atoms with Crippen molar-refractivity contribution < 1.29 is 22.7 Å². The van der Waals surface area contributed by atoms with Crippen molar-refractivity contribution >= 4 is 50.8 Å². The molecule has 27 heavy (non-hydrogen) atoms. The summed E-state index contributed by atoms with van der Waals surface area (Å²) in [5, 5.41) is 8.14. The van der Waals surface area contributed by atoms with Crippen molar-refractivity contribution in [2.75, 3.05) is 5.32 Å². The minimum absolute atomic E-state index is 0.154. The molecule has 1 unspecified atom stereocenters. The zero-order valence-corrected chi connectivity index (χ0v) is 16.4. The maximum atomic E-state index is 12.2. The Labute approximate surface area is 166 Å². The van der Waals surface area contributed by atoms with E-state index in [0.717, 1.165) is 0 Å². The van der Waals surface area contributed by atoms with Gasteiger partial charge in [-0.25, -0.2) is 13.6 Å². The van der Waals surface area contributed by atoms with Crippen molar-refractivity contribution in [3.63, 3.8) is 0 Å². The van der Waals surface area contributed by atoms with Crippen LogP contribution in [0.15, 0.2) is 47.4 Å². The van der Waals surface area contributed by atoms with Gasteiger partial charge in [-0.1, -0.05) is 35.3 Å². The van der Waals surface area contributed by atoms with Crippen molar-refractivity contribution in [3.8, 4) is 0 Å². The van der Waals surface area contributed by atoms with Crippen LogP contribution in [-0.4, -0.2) is 26.4 Å². The molecule has 0 aliphatic heterocycles. The summed E-state index contributed by atoms with van der Waals surface area (Å²) in [6.45, 7) is 1.38. The smallest absolute Gasteiger partial charge is 0.311 e. The van der Waals surface area contributed by atoms with Gasteiger partial charge in [-0.3, -0.25) is 9.59 Å². The monoisotopic (exact) mass is 430 g/mol. The summed E-state index contributed by atoms with van der Waals surface area (Å²) >= 11 is 12.0. The number of hydrogen-bond donors (Lipinski definition) is 2. The Bertz CT molecular complexity index is 959. The summed E-state index contributed by atoms with van der Waals surface area (Å²) < 4.78 is 27.8. The maximum Gasteiger partial charge on any atom is 0.311 e. The van der Waals surface area contributed by atoms with Gasteiger partial charge in [0.15, 0.2) is 6.10 Å². The average molecular weight is 431 g/mol. The molecular weight excluding hydrogens is 415 g/mol. The van der Waals surface area contributed by atoms with Crippen LogP contribution in [0.4, 0.5) is 5.69 Å². The largest absolute Gasteiger partial charge is 0.452 e. The third-order valence-corrected chi connectivity index (χ3v) is 5.11. The van der Waals surface area contributed by atoms with E-state index in [2.05, 4.69) is 5.32 Å². The number of benzene rings is 2. The Morgan fingerprint density at radius 1 is 1.15 bits per heavy atom. The Morgan fingerprint density at radius 2 is 1.74 bits per heavy atom. The summed E-state index contributed by atoms with van der Waals surface area (Å²) in [6, 6.07) is 10.2. The number of hydrogen-bond acceptors (Lipinski definition) is 5. The molecule has 0 spiro atoms. The van der Waals surface area contributed by atoms with E-state index >= 15 is 0 Å². The summed E-state index contributed by atoms with van der Waals surface area (Å²) in [5.41, 5.74) is 0.600. The van der Waals surface area contributed by atoms with Gasteiger partial charge in [-0.05, 0) is 37.3 Å². The number of esters is 1. The number of carbonyl (C=O) groups is 2. The molecule has 0 aliphatic carbocycles. The quantitative estimate of drug-likeness (QED) is 0.683. The van der Waals surface area contributed by atoms with E-state index in [1.54, 1.807) is 18.2 Å². The number of carbonyl (C=O) groups excluding carboxylic acids is 2. The molecule has 7 nitrogen and oxygen atoms in total. The fourth-order valence-corrected chi connectivity index (χ4v) is 3.22. The molecule has 1 amide bonds. The van der Waals surface area contributed by atoms with E-state index in [1.807, 2.05) is 0 Å². The molecular formula is C17H16Cl2N2O5S. The van der Waals surface area contributed by atoms with Gasteiger partial charge in [0.25, 0.3) is 5.91 Å². The van der Waals surface area contributed by atoms with Crippen LogP contribution >= 0.6 is 23.2 Å². The number of amides is 1. The standard InChI is InChI=1S/C17H16Cl2N2O5S/c1-10(26-16(22)9-13-14(18)6-3-7-15(13)19)17(23)21-11-4-2-5-12(8-11)27(20,24)25/h2-8,10H,9H2,1H3,(H,21,23)(H2,20,24,25). The zero-order chi connectivity index (χ0) is 20.2. The van der Waals surface area contributed by atoms with Crippen molar-refractivity contribution in [1.29, 1.82) is 0 Å². The summed E-state index contributed by atoms with van der Waals surface area (Å²) in [7, 11) is -3.90. The highest BCUT2D eigenvalue weighted by molar-refractivity contribution is 7.89. The first-order chi connectivity index (χ1) is 12.6. The van der Waals surface area contributed by atoms with Gasteiger partial charge >= 0.3 is 5.97 Å². The second-order valence-electron chi connectivity index (χ2n) is 5.57. The number of rotatable bonds is 6. The molecule has 2 aromatic carbocycles. The molecule has 0 bridgehead atoms. The molecule has 1 atom stereocenters. The van der Waals surface area contributed by atoms with Crippen LogP contribution < -0.4 is 10.5 Å². The molecule has 144 valence electrons. The van der Waals surface area contributed by atoms with Crippen LogP contribution in [0, 0.1) is 0 Å². The Hall–Kier alpha value is -2.13. The lowest BCUT2D eigenvalue weighted by Gasteiger charge is -2.14. The van der Waals surface area contributed by atoms with Crippen LogP contribution in [-0.2, 0) is 30.8 Å². The number of anilines is 1. The van der Waals surface area contributed by atoms with Gasteiger partial charge in [0, 0.05) is 21.3 Å². The van der Waals surface area contributed by atoms with Gasteiger partial charge < -0.3 is 10.1 Å². The number of nitrogens with two attached hydrogens (primary N) is 1. The Morgan fingerprint density at radius 3 is 2.33 bits per heavy atom. The average Bonchev–Trinajstić information content (AvgIpc) is 2.57. The van der Waals surface area contributed by atoms with Crippen molar-refractivity contribution in [2.45, 2.75) is 24.3 Å². The molecule has 0 saturated heterocycles. The van der Waals surface area contributed by atoms with Crippen LogP contribution in [0.5, 0.6) is 0 Å². The molecule has 0 aromatic heterocycles. The number of sulfonamides is 1. The van der Waals surface area contributed by atoms with Crippen LogP contribution in [0.2, 0.25) is 10.0 Å². The highest BCUT2D eigenvalue weighted by Gasteiger charge is 2.20. The summed E-state index contributed by atoms with van der Waals surface area (Å²) in [5.74, 6) is -1.33. The molecule has 0 heterocycles. The lowest BCUT2D eigenvalue weighted by atomic mass is 10.1. The number of halogens is 2. The highest BCUT2D eigenvalue weighted by Crippen LogP contribution is 2.25. The van der Waals surface area contributed by atoms with E-state index in [9.17, 15) is 18.0 Å². The highest BCUT2D eigenvalue weighted by atomic mass is 35.5. The molecule has 0 fully saturated rings. The zero-order valence-electron chi connectivity index (χ0n) is 14.1. The third-order valence-electron chi connectivity index (χ3n) is 3.49. The first-order valence-electron chi connectivity index (χ1n) is 7.64. The van der Waals surface area contributed by atoms with Gasteiger partial charge in [-0.15, -0.1) is 0 Å². The van der Waals surface area contributed by atoms with Crippen molar-refractivity contribution in [1.82, 2.24) is 0 Å². The second-order valence-corrected chi connectivity index (χ2v) is 7.95. The van der Waals surface area contributed by atoms with Gasteiger partial charge in [-0.2, -0.15) is 0 Å². The topological polar surface area (TPSA) is 116 Å². The van der Waals surface area contributed by atoms with Gasteiger partial charge in [0.05, 0.1) is 11.3 Å². The first kappa shape index (κ1) is 21.2. The second kappa shape index (κ2) is 8.71. The van der Waals surface area contributed by atoms with Crippen LogP contribution in [0.25, 0.3) is 0 Å². The molecule has 2 aromatic rings. The summed E-state index contributed by atoms with van der Waals surface area (Å²) in [4.78, 5) is 24.1. The lowest BCUT2D eigenvalue weighted by molar-refractivity contribution is -0.152. The fourth-order valence-electron chi connectivity index (χ4n) is 2.13. The molecule has 3 N–H and O–H groups in total. The van der Waals surface area contributed by atoms with Crippen molar-refractivity contribution in [2.24, 2.45) is 5.14 Å². The van der Waals surface area contributed by atoms with Gasteiger partial charge in [0.2, 0.25) is 10.0 Å². The normalized spacial score (nSPS) is 12.3. The molecule has 0 aliphatic rings. The minimum Gasteiger partial charge on any atom is -0.452 e. The Kier molecular flexibility index (Phi) is 6.83. The van der Waals surface area contributed by atoms with E-state index in [1.165, 1.54) is 31.2 Å². The number of nitrogens with one attached hydrogen (secondary N) is 1. The molecule has 2 rings (SSSR count). The maximum absolute atomic E-state index is 12.2. The SMILES string of the molecule is CC(OC(=O)Cc1c(Cl)cccc1Cl)C(=O)Nc1cccc(S(N)(=O)=O)c1. The molecule has 10 heteroatoms. The Balaban J connectivity index is 2.00. The first-order valence-corrected chi connectivity index (χ1v) is 9.94. The molecule has 0 radical (unpaired) electrons. The lowest BCUT2D eigenvalue weighted by Crippen LogP contribution is -2.30. The van der Waals surface area contributed by atoms with Crippen molar-refractivity contribution in [3.05, 3.63) is 58.1 Å². The van der Waals surface area contributed by atoms with Crippen LogP contribution in [0.3, 0.4) is 0 Å². The van der Waals surface area contributed by atoms with E-state index in [0.29, 0.717) is 15.6 Å². The predicted molar refractivity (Wildman–Crippen MR) is 102 cm³/mol. The van der Waals surface area contributed by atoms with Gasteiger partial charge in [0.1, 0.15) is 0 Å². The minimum atomic E-state index is -3.90. The van der Waals surface area contributed by atoms with E-state index < -0.39 is 28.0 Å². The molecule has 0 saturated carbocycles. The number of ether oxygens (including phenoxy) is 1. The van der Waals surface area contributed by atoms with E-state index in [-0.39, 0.29) is 17.0 Å². The van der Waals surface area contributed by atoms with E-state index in [4.69, 9.17) is 33.1 Å². The number of primary sulfonamides is 1.